The quantitative estimate of drug-likeness (QED) is 0.686. The van der Waals surface area contributed by atoms with Gasteiger partial charge >= 0.3 is 0 Å². The summed E-state index contributed by atoms with van der Waals surface area (Å²) in [6.07, 6.45) is -1.73. The molecule has 0 aliphatic heterocycles. The first-order chi connectivity index (χ1) is 8.22. The van der Waals surface area contributed by atoms with Crippen LogP contribution in [0.3, 0.4) is 0 Å². The van der Waals surface area contributed by atoms with Gasteiger partial charge in [-0.3, -0.25) is 0 Å². The first-order valence-corrected chi connectivity index (χ1v) is 5.54. The molecule has 2 N–H and O–H groups in total. The minimum Gasteiger partial charge on any atom is -0.488 e. The molecule has 0 heterocycles. The molecule has 0 saturated heterocycles. The van der Waals surface area contributed by atoms with Crippen molar-refractivity contribution in [3.05, 3.63) is 29.8 Å². The lowest BCUT2D eigenvalue weighted by atomic mass is 10.2. The number of rotatable bonds is 8. The Morgan fingerprint density at radius 2 is 1.94 bits per heavy atom. The average Bonchev–Trinajstić information content (AvgIpc) is 2.33. The van der Waals surface area contributed by atoms with Crippen LogP contribution in [0.5, 0.6) is 5.75 Å². The van der Waals surface area contributed by atoms with Gasteiger partial charge in [0.2, 0.25) is 0 Å². The molecule has 1 aromatic rings. The monoisotopic (exact) mass is 245 g/mol. The lowest BCUT2D eigenvalue weighted by molar-refractivity contribution is 0.0819. The summed E-state index contributed by atoms with van der Waals surface area (Å²) in [6, 6.07) is 7.00. The van der Waals surface area contributed by atoms with E-state index in [4.69, 9.17) is 9.84 Å². The summed E-state index contributed by atoms with van der Waals surface area (Å²) in [5, 5.41) is 11.7. The molecule has 5 heteroatoms. The molecular formula is C12H17F2NO2. The Bertz CT molecular complexity index is 304. The zero-order chi connectivity index (χ0) is 12.5. The smallest absolute Gasteiger partial charge is 0.272 e. The largest absolute Gasteiger partial charge is 0.488 e. The van der Waals surface area contributed by atoms with Crippen molar-refractivity contribution in [2.24, 2.45) is 0 Å². The van der Waals surface area contributed by atoms with Crippen molar-refractivity contribution in [1.29, 1.82) is 0 Å². The molecule has 0 atom stereocenters. The van der Waals surface area contributed by atoms with Crippen molar-refractivity contribution < 1.29 is 18.6 Å². The molecule has 0 fully saturated rings. The predicted molar refractivity (Wildman–Crippen MR) is 61.4 cm³/mol. The van der Waals surface area contributed by atoms with Gasteiger partial charge < -0.3 is 15.2 Å². The van der Waals surface area contributed by atoms with Crippen LogP contribution in [0.2, 0.25) is 0 Å². The van der Waals surface area contributed by atoms with Gasteiger partial charge in [0.05, 0.1) is 0 Å². The highest BCUT2D eigenvalue weighted by Crippen LogP contribution is 2.12. The number of hydrogen-bond acceptors (Lipinski definition) is 3. The maximum Gasteiger partial charge on any atom is 0.272 e. The van der Waals surface area contributed by atoms with Crippen LogP contribution in [0.15, 0.2) is 24.3 Å². The Kier molecular flexibility index (Phi) is 6.50. The van der Waals surface area contributed by atoms with Crippen LogP contribution in [0.1, 0.15) is 12.0 Å². The number of aliphatic hydroxyl groups is 1. The minimum absolute atomic E-state index is 0.174. The Hall–Kier alpha value is -1.20. The second kappa shape index (κ2) is 7.97. The molecule has 0 amide bonds. The Morgan fingerprint density at radius 3 is 2.53 bits per heavy atom. The fourth-order valence-electron chi connectivity index (χ4n) is 1.30. The summed E-state index contributed by atoms with van der Waals surface area (Å²) < 4.78 is 28.6. The Morgan fingerprint density at radius 1 is 1.24 bits per heavy atom. The van der Waals surface area contributed by atoms with E-state index in [9.17, 15) is 8.78 Å². The van der Waals surface area contributed by atoms with E-state index in [0.717, 1.165) is 18.5 Å². The zero-order valence-corrected chi connectivity index (χ0v) is 9.53. The molecule has 96 valence electrons. The van der Waals surface area contributed by atoms with Gasteiger partial charge in [-0.25, -0.2) is 8.78 Å². The summed E-state index contributed by atoms with van der Waals surface area (Å²) in [4.78, 5) is 0. The topological polar surface area (TPSA) is 41.5 Å². The van der Waals surface area contributed by atoms with Crippen molar-refractivity contribution in [3.8, 4) is 5.75 Å². The maximum absolute atomic E-state index is 11.9. The maximum atomic E-state index is 11.9. The zero-order valence-electron chi connectivity index (χ0n) is 9.53. The Labute approximate surface area is 99.4 Å². The van der Waals surface area contributed by atoms with Crippen molar-refractivity contribution >= 4 is 0 Å². The summed E-state index contributed by atoms with van der Waals surface area (Å²) in [5.41, 5.74) is 1.05. The van der Waals surface area contributed by atoms with Gasteiger partial charge in [0.1, 0.15) is 12.4 Å². The van der Waals surface area contributed by atoms with Gasteiger partial charge in [0, 0.05) is 13.2 Å². The van der Waals surface area contributed by atoms with E-state index in [-0.39, 0.29) is 6.61 Å². The molecule has 0 radical (unpaired) electrons. The fraction of sp³-hybridized carbons (Fsp3) is 0.500. The molecule has 3 nitrogen and oxygen atoms in total. The molecule has 0 unspecified atom stereocenters. The molecule has 1 aromatic carbocycles. The normalized spacial score (nSPS) is 10.8. The number of benzene rings is 1. The van der Waals surface area contributed by atoms with Crippen LogP contribution in [0.4, 0.5) is 8.78 Å². The third kappa shape index (κ3) is 6.19. The second-order valence-electron chi connectivity index (χ2n) is 3.60. The van der Waals surface area contributed by atoms with E-state index in [0.29, 0.717) is 12.3 Å². The molecular weight excluding hydrogens is 228 g/mol. The number of halogens is 2. The van der Waals surface area contributed by atoms with E-state index in [1.807, 2.05) is 12.1 Å². The molecule has 1 rings (SSSR count). The average molecular weight is 245 g/mol. The van der Waals surface area contributed by atoms with Gasteiger partial charge in [-0.05, 0) is 30.7 Å². The van der Waals surface area contributed by atoms with Crippen molar-refractivity contribution in [2.45, 2.75) is 19.4 Å². The third-order valence-electron chi connectivity index (χ3n) is 2.14. The van der Waals surface area contributed by atoms with Gasteiger partial charge in [-0.15, -0.1) is 0 Å². The van der Waals surface area contributed by atoms with E-state index in [1.54, 1.807) is 12.1 Å². The first kappa shape index (κ1) is 13.9. The molecule has 0 aliphatic rings. The van der Waals surface area contributed by atoms with Crippen LogP contribution >= 0.6 is 0 Å². The van der Waals surface area contributed by atoms with E-state index >= 15 is 0 Å². The van der Waals surface area contributed by atoms with Crippen molar-refractivity contribution in [1.82, 2.24) is 5.32 Å². The third-order valence-corrected chi connectivity index (χ3v) is 2.14. The highest BCUT2D eigenvalue weighted by atomic mass is 19.3. The predicted octanol–water partition coefficient (Wildman–Crippen LogP) is 1.80. The second-order valence-corrected chi connectivity index (χ2v) is 3.60. The van der Waals surface area contributed by atoms with Crippen LogP contribution < -0.4 is 10.1 Å². The van der Waals surface area contributed by atoms with Gasteiger partial charge in [-0.2, -0.15) is 0 Å². The van der Waals surface area contributed by atoms with Gasteiger partial charge in [0.25, 0.3) is 6.43 Å². The van der Waals surface area contributed by atoms with Crippen LogP contribution in [-0.4, -0.2) is 31.3 Å². The molecule has 17 heavy (non-hydrogen) atoms. The number of alkyl halides is 2. The molecule has 0 bridgehead atoms. The molecule has 0 aromatic heterocycles. The van der Waals surface area contributed by atoms with Crippen molar-refractivity contribution in [3.63, 3.8) is 0 Å². The van der Waals surface area contributed by atoms with Crippen LogP contribution in [-0.2, 0) is 6.54 Å². The van der Waals surface area contributed by atoms with Crippen molar-refractivity contribution in [2.75, 3.05) is 19.8 Å². The highest BCUT2D eigenvalue weighted by Gasteiger charge is 2.03. The van der Waals surface area contributed by atoms with E-state index in [1.165, 1.54) is 0 Å². The SMILES string of the molecule is OCCCNCc1ccc(OCC(F)F)cc1. The molecule has 0 saturated carbocycles. The summed E-state index contributed by atoms with van der Waals surface area (Å²) >= 11 is 0. The van der Waals surface area contributed by atoms with Crippen LogP contribution in [0, 0.1) is 0 Å². The minimum atomic E-state index is -2.45. The Balaban J connectivity index is 2.29. The highest BCUT2D eigenvalue weighted by molar-refractivity contribution is 5.27. The summed E-state index contributed by atoms with van der Waals surface area (Å²) in [5.74, 6) is 0.449. The number of nitrogens with one attached hydrogen (secondary N) is 1. The molecule has 0 aliphatic carbocycles. The summed E-state index contributed by atoms with van der Waals surface area (Å²) in [7, 11) is 0. The lowest BCUT2D eigenvalue weighted by Gasteiger charge is -2.07. The van der Waals surface area contributed by atoms with Gasteiger partial charge in [0.15, 0.2) is 0 Å². The number of hydrogen-bond donors (Lipinski definition) is 2. The number of aliphatic hydroxyl groups excluding tert-OH is 1. The van der Waals surface area contributed by atoms with Gasteiger partial charge in [-0.1, -0.05) is 12.1 Å². The van der Waals surface area contributed by atoms with E-state index in [2.05, 4.69) is 5.32 Å². The standard InChI is InChI=1S/C12H17F2NO2/c13-12(14)9-17-11-4-2-10(3-5-11)8-15-6-1-7-16/h2-5,12,15-16H,1,6-9H2. The first-order valence-electron chi connectivity index (χ1n) is 5.54. The summed E-state index contributed by atoms with van der Waals surface area (Å²) in [6.45, 7) is 1.04. The number of ether oxygens (including phenoxy) is 1. The molecule has 0 spiro atoms. The van der Waals surface area contributed by atoms with Crippen LogP contribution in [0.25, 0.3) is 0 Å². The van der Waals surface area contributed by atoms with E-state index < -0.39 is 13.0 Å². The fourth-order valence-corrected chi connectivity index (χ4v) is 1.30. The lowest BCUT2D eigenvalue weighted by Crippen LogP contribution is -2.15.